The van der Waals surface area contributed by atoms with Crippen molar-refractivity contribution in [3.8, 4) is 0 Å². The van der Waals surface area contributed by atoms with Crippen molar-refractivity contribution in [2.24, 2.45) is 10.8 Å². The van der Waals surface area contributed by atoms with Gasteiger partial charge in [0.25, 0.3) is 0 Å². The molecule has 0 heterocycles. The molecule has 0 aromatic carbocycles. The number of nitrogens with one attached hydrogen (secondary N) is 2. The summed E-state index contributed by atoms with van der Waals surface area (Å²) in [7, 11) is 0. The van der Waals surface area contributed by atoms with Crippen molar-refractivity contribution in [1.29, 1.82) is 0 Å². The summed E-state index contributed by atoms with van der Waals surface area (Å²) < 4.78 is 10.8. The lowest BCUT2D eigenvalue weighted by molar-refractivity contribution is -0.135. The van der Waals surface area contributed by atoms with Gasteiger partial charge in [-0.15, -0.1) is 0 Å². The highest BCUT2D eigenvalue weighted by molar-refractivity contribution is 5.93. The van der Waals surface area contributed by atoms with Crippen molar-refractivity contribution in [1.82, 2.24) is 10.6 Å². The van der Waals surface area contributed by atoms with Crippen LogP contribution in [0.4, 0.5) is 0 Å². The fourth-order valence-electron chi connectivity index (χ4n) is 2.56. The van der Waals surface area contributed by atoms with Crippen LogP contribution in [0.3, 0.4) is 0 Å². The number of Topliss-reactive ketones (excluding diaryl/α,β-unsaturated/α-hetero) is 2. The molecule has 0 saturated heterocycles. The van der Waals surface area contributed by atoms with E-state index in [1.54, 1.807) is 0 Å². The highest BCUT2D eigenvalue weighted by Crippen LogP contribution is 2.22. The van der Waals surface area contributed by atoms with Crippen molar-refractivity contribution in [3.63, 3.8) is 0 Å². The molecule has 0 spiro atoms. The lowest BCUT2D eigenvalue weighted by atomic mass is 9.82. The van der Waals surface area contributed by atoms with Crippen molar-refractivity contribution in [2.45, 2.75) is 86.7 Å². The van der Waals surface area contributed by atoms with Crippen LogP contribution in [0.2, 0.25) is 0 Å². The van der Waals surface area contributed by atoms with E-state index >= 15 is 0 Å². The van der Waals surface area contributed by atoms with Crippen LogP contribution in [0.5, 0.6) is 0 Å². The Morgan fingerprint density at radius 3 is 1.87 bits per heavy atom. The third-order valence-electron chi connectivity index (χ3n) is 4.39. The molecule has 0 aromatic rings. The van der Waals surface area contributed by atoms with Gasteiger partial charge in [-0.05, 0) is 27.2 Å². The summed E-state index contributed by atoms with van der Waals surface area (Å²) in [4.78, 5) is 37.2. The van der Waals surface area contributed by atoms with Crippen LogP contribution in [-0.2, 0) is 23.9 Å². The van der Waals surface area contributed by atoms with Gasteiger partial charge in [-0.25, -0.2) is 0 Å². The quantitative estimate of drug-likeness (QED) is 0.438. The molecule has 0 aliphatic rings. The summed E-state index contributed by atoms with van der Waals surface area (Å²) in [5.74, 6) is -0.389. The lowest BCUT2D eigenvalue weighted by Crippen LogP contribution is -2.47. The van der Waals surface area contributed by atoms with Gasteiger partial charge in [-0.3, -0.25) is 14.4 Å². The zero-order valence-corrected chi connectivity index (χ0v) is 20.6. The molecule has 0 saturated carbocycles. The van der Waals surface area contributed by atoms with Crippen LogP contribution in [0.15, 0.2) is 0 Å². The van der Waals surface area contributed by atoms with E-state index in [-0.39, 0.29) is 36.0 Å². The molecule has 0 radical (unpaired) electrons. The number of carbonyl (C=O) groups excluding carboxylic acids is 3. The molecule has 0 aliphatic carbocycles. The highest BCUT2D eigenvalue weighted by Gasteiger charge is 2.32. The Hall–Kier alpha value is -1.31. The minimum absolute atomic E-state index is 0.0521. The number of hydrogen-bond donors (Lipinski definition) is 2. The van der Waals surface area contributed by atoms with Crippen molar-refractivity contribution < 1.29 is 23.9 Å². The second-order valence-electron chi connectivity index (χ2n) is 10.8. The van der Waals surface area contributed by atoms with E-state index in [4.69, 9.17) is 9.47 Å². The Labute approximate surface area is 183 Å². The summed E-state index contributed by atoms with van der Waals surface area (Å²) in [5, 5.41) is 6.06. The van der Waals surface area contributed by atoms with E-state index in [1.807, 2.05) is 41.5 Å². The molecular formula is C23H44N2O5. The monoisotopic (exact) mass is 428 g/mol. The van der Waals surface area contributed by atoms with Gasteiger partial charge < -0.3 is 20.1 Å². The zero-order chi connectivity index (χ0) is 23.6. The molecule has 0 aromatic heterocycles. The van der Waals surface area contributed by atoms with Crippen LogP contribution in [0.1, 0.15) is 75.2 Å². The van der Waals surface area contributed by atoms with E-state index in [0.717, 1.165) is 6.54 Å². The van der Waals surface area contributed by atoms with E-state index < -0.39 is 16.9 Å². The van der Waals surface area contributed by atoms with Gasteiger partial charge in [-0.1, -0.05) is 41.5 Å². The lowest BCUT2D eigenvalue weighted by Gasteiger charge is -2.26. The Morgan fingerprint density at radius 2 is 1.37 bits per heavy atom. The molecular weight excluding hydrogens is 384 g/mol. The predicted molar refractivity (Wildman–Crippen MR) is 119 cm³/mol. The fraction of sp³-hybridized carbons (Fsp3) is 0.870. The second kappa shape index (κ2) is 12.5. The molecule has 1 atom stereocenters. The molecule has 7 nitrogen and oxygen atoms in total. The van der Waals surface area contributed by atoms with Crippen LogP contribution in [0, 0.1) is 10.8 Å². The number of hydrogen-bond acceptors (Lipinski definition) is 6. The Morgan fingerprint density at radius 1 is 0.800 bits per heavy atom. The summed E-state index contributed by atoms with van der Waals surface area (Å²) in [6, 6.07) is -0.702. The average Bonchev–Trinajstić information content (AvgIpc) is 2.57. The molecule has 176 valence electrons. The minimum Gasteiger partial charge on any atom is -0.378 e. The van der Waals surface area contributed by atoms with Crippen LogP contribution < -0.4 is 10.6 Å². The highest BCUT2D eigenvalue weighted by atomic mass is 16.5. The van der Waals surface area contributed by atoms with E-state index in [0.29, 0.717) is 26.2 Å². The normalized spacial score (nSPS) is 13.8. The fourth-order valence-corrected chi connectivity index (χ4v) is 2.56. The average molecular weight is 429 g/mol. The number of carbonyl (C=O) groups is 3. The largest absolute Gasteiger partial charge is 0.378 e. The van der Waals surface area contributed by atoms with Crippen molar-refractivity contribution in [3.05, 3.63) is 0 Å². The first-order valence-corrected chi connectivity index (χ1v) is 10.8. The molecule has 30 heavy (non-hydrogen) atoms. The van der Waals surface area contributed by atoms with Gasteiger partial charge in [-0.2, -0.15) is 0 Å². The third kappa shape index (κ3) is 13.8. The first-order chi connectivity index (χ1) is 13.5. The van der Waals surface area contributed by atoms with E-state index in [9.17, 15) is 14.4 Å². The van der Waals surface area contributed by atoms with Crippen LogP contribution >= 0.6 is 0 Å². The molecule has 0 fully saturated rings. The first kappa shape index (κ1) is 28.7. The van der Waals surface area contributed by atoms with Gasteiger partial charge in [0, 0.05) is 29.3 Å². The Balaban J connectivity index is 4.38. The van der Waals surface area contributed by atoms with Gasteiger partial charge in [0.15, 0.2) is 5.78 Å². The maximum atomic E-state index is 12.7. The van der Waals surface area contributed by atoms with Crippen LogP contribution in [-0.4, -0.2) is 62.0 Å². The number of ketones is 2. The van der Waals surface area contributed by atoms with E-state index in [1.165, 1.54) is 0 Å². The topological polar surface area (TPSA) is 93.7 Å². The number of rotatable bonds is 13. The summed E-state index contributed by atoms with van der Waals surface area (Å²) in [6.07, 6.45) is 0.537. The van der Waals surface area contributed by atoms with Crippen molar-refractivity contribution in [2.75, 3.05) is 33.0 Å². The Bertz CT molecular complexity index is 553. The molecule has 2 N–H and O–H groups in total. The summed E-state index contributed by atoms with van der Waals surface area (Å²) in [5.41, 5.74) is -1.03. The number of amides is 1. The predicted octanol–water partition coefficient (Wildman–Crippen LogP) is 2.90. The van der Waals surface area contributed by atoms with Crippen molar-refractivity contribution >= 4 is 17.5 Å². The molecule has 0 aliphatic heterocycles. The third-order valence-corrected chi connectivity index (χ3v) is 4.39. The maximum Gasteiger partial charge on any atom is 0.246 e. The van der Waals surface area contributed by atoms with Gasteiger partial charge in [0.05, 0.1) is 25.9 Å². The summed E-state index contributed by atoms with van der Waals surface area (Å²) >= 11 is 0. The SMILES string of the molecule is CC(C)(C)NCCOCCOCC(=O)NC(CCC(=O)C(C)(C)C)C(=O)C(C)(C)C. The molecule has 7 heteroatoms. The zero-order valence-electron chi connectivity index (χ0n) is 20.6. The van der Waals surface area contributed by atoms with Crippen LogP contribution in [0.25, 0.3) is 0 Å². The van der Waals surface area contributed by atoms with Gasteiger partial charge >= 0.3 is 0 Å². The molecule has 1 amide bonds. The molecule has 0 bridgehead atoms. The number of ether oxygens (including phenoxy) is 2. The van der Waals surface area contributed by atoms with Gasteiger partial charge in [0.2, 0.25) is 5.91 Å². The minimum atomic E-state index is -0.702. The Kier molecular flexibility index (Phi) is 12.0. The second-order valence-corrected chi connectivity index (χ2v) is 10.8. The molecule has 1 unspecified atom stereocenters. The smallest absolute Gasteiger partial charge is 0.246 e. The van der Waals surface area contributed by atoms with E-state index in [2.05, 4.69) is 31.4 Å². The van der Waals surface area contributed by atoms with Gasteiger partial charge in [0.1, 0.15) is 12.4 Å². The molecule has 0 rings (SSSR count). The first-order valence-electron chi connectivity index (χ1n) is 10.8. The maximum absolute atomic E-state index is 12.7. The summed E-state index contributed by atoms with van der Waals surface area (Å²) in [6.45, 7) is 19.1. The standard InChI is InChI=1S/C23H44N2O5/c1-21(2,3)18(26)11-10-17(20(28)22(4,5)6)25-19(27)16-30-15-14-29-13-12-24-23(7,8)9/h17,24H,10-16H2,1-9H3,(H,25,27).